The standard InChI is InChI=1S/C5H8N2O3/c6-4(7)5(8)10-2-3-1-9-3/h3H,1-2H2,(H3,6,7). The van der Waals surface area contributed by atoms with E-state index in [0.717, 1.165) is 0 Å². The Hall–Kier alpha value is -1.10. The molecule has 5 heteroatoms. The minimum Gasteiger partial charge on any atom is -0.457 e. The number of nitrogens with one attached hydrogen (secondary N) is 1. The van der Waals surface area contributed by atoms with Gasteiger partial charge in [0.2, 0.25) is 5.84 Å². The molecule has 56 valence electrons. The van der Waals surface area contributed by atoms with Crippen molar-refractivity contribution >= 4 is 11.8 Å². The van der Waals surface area contributed by atoms with Crippen LogP contribution in [-0.4, -0.2) is 31.1 Å². The van der Waals surface area contributed by atoms with Gasteiger partial charge in [0.05, 0.1) is 6.61 Å². The Labute approximate surface area is 57.6 Å². The van der Waals surface area contributed by atoms with Crippen LogP contribution in [0.4, 0.5) is 0 Å². The van der Waals surface area contributed by atoms with Crippen molar-refractivity contribution in [1.82, 2.24) is 0 Å². The highest BCUT2D eigenvalue weighted by atomic mass is 16.6. The third kappa shape index (κ3) is 2.02. The van der Waals surface area contributed by atoms with Crippen LogP contribution in [0.2, 0.25) is 0 Å². The fourth-order valence-electron chi connectivity index (χ4n) is 0.411. The summed E-state index contributed by atoms with van der Waals surface area (Å²) in [6, 6.07) is 0. The first kappa shape index (κ1) is 7.01. The van der Waals surface area contributed by atoms with Gasteiger partial charge in [0.1, 0.15) is 12.7 Å². The molecule has 0 bridgehead atoms. The Kier molecular flexibility index (Phi) is 1.86. The molecule has 0 aromatic carbocycles. The number of carbonyl (C=O) groups is 1. The van der Waals surface area contributed by atoms with Crippen molar-refractivity contribution in [2.45, 2.75) is 6.10 Å². The zero-order chi connectivity index (χ0) is 7.56. The van der Waals surface area contributed by atoms with Crippen LogP contribution in [0, 0.1) is 5.41 Å². The predicted octanol–water partition coefficient (Wildman–Crippen LogP) is -1.14. The lowest BCUT2D eigenvalue weighted by Crippen LogP contribution is -2.25. The minimum absolute atomic E-state index is 0.0308. The quantitative estimate of drug-likeness (QED) is 0.222. The lowest BCUT2D eigenvalue weighted by Gasteiger charge is -1.98. The van der Waals surface area contributed by atoms with Crippen LogP contribution in [0.25, 0.3) is 0 Å². The highest BCUT2D eigenvalue weighted by Gasteiger charge is 2.24. The second-order valence-corrected chi connectivity index (χ2v) is 1.97. The topological polar surface area (TPSA) is 88.7 Å². The van der Waals surface area contributed by atoms with Crippen LogP contribution in [0.15, 0.2) is 0 Å². The smallest absolute Gasteiger partial charge is 0.373 e. The van der Waals surface area contributed by atoms with Gasteiger partial charge < -0.3 is 15.2 Å². The van der Waals surface area contributed by atoms with Crippen molar-refractivity contribution in [3.8, 4) is 0 Å². The normalized spacial score (nSPS) is 21.8. The van der Waals surface area contributed by atoms with Gasteiger partial charge in [-0.2, -0.15) is 0 Å². The SMILES string of the molecule is N=C(N)C(=O)OCC1CO1. The Balaban J connectivity index is 2.11. The molecular weight excluding hydrogens is 136 g/mol. The summed E-state index contributed by atoms with van der Waals surface area (Å²) in [7, 11) is 0. The average molecular weight is 144 g/mol. The van der Waals surface area contributed by atoms with E-state index in [1.165, 1.54) is 0 Å². The van der Waals surface area contributed by atoms with Gasteiger partial charge in [0.25, 0.3) is 0 Å². The maximum absolute atomic E-state index is 10.4. The molecule has 0 saturated carbocycles. The van der Waals surface area contributed by atoms with E-state index in [1.807, 2.05) is 0 Å². The molecule has 1 atom stereocenters. The van der Waals surface area contributed by atoms with Gasteiger partial charge in [0.15, 0.2) is 0 Å². The lowest BCUT2D eigenvalue weighted by atomic mass is 10.5. The van der Waals surface area contributed by atoms with Gasteiger partial charge in [-0.05, 0) is 0 Å². The van der Waals surface area contributed by atoms with E-state index in [2.05, 4.69) is 4.74 Å². The molecule has 5 nitrogen and oxygen atoms in total. The molecule has 1 saturated heterocycles. The number of hydrogen-bond donors (Lipinski definition) is 2. The molecule has 1 unspecified atom stereocenters. The van der Waals surface area contributed by atoms with Crippen LogP contribution in [0.5, 0.6) is 0 Å². The van der Waals surface area contributed by atoms with Crippen molar-refractivity contribution < 1.29 is 14.3 Å². The van der Waals surface area contributed by atoms with Crippen LogP contribution < -0.4 is 5.73 Å². The van der Waals surface area contributed by atoms with E-state index in [0.29, 0.717) is 6.61 Å². The van der Waals surface area contributed by atoms with Gasteiger partial charge in [-0.25, -0.2) is 4.79 Å². The summed E-state index contributed by atoms with van der Waals surface area (Å²) in [5.74, 6) is -1.35. The summed E-state index contributed by atoms with van der Waals surface area (Å²) < 4.78 is 9.26. The molecule has 1 aliphatic rings. The molecule has 0 aliphatic carbocycles. The first-order valence-corrected chi connectivity index (χ1v) is 2.83. The highest BCUT2D eigenvalue weighted by Crippen LogP contribution is 2.08. The number of amidine groups is 1. The molecule has 0 amide bonds. The van der Waals surface area contributed by atoms with Crippen LogP contribution in [0.3, 0.4) is 0 Å². The fraction of sp³-hybridized carbons (Fsp3) is 0.600. The van der Waals surface area contributed by atoms with Gasteiger partial charge in [-0.1, -0.05) is 0 Å². The molecule has 10 heavy (non-hydrogen) atoms. The maximum Gasteiger partial charge on any atom is 0.373 e. The first-order chi connectivity index (χ1) is 4.70. The van der Waals surface area contributed by atoms with Crippen LogP contribution in [0.1, 0.15) is 0 Å². The van der Waals surface area contributed by atoms with Gasteiger partial charge >= 0.3 is 5.97 Å². The van der Waals surface area contributed by atoms with Crippen molar-refractivity contribution in [3.63, 3.8) is 0 Å². The highest BCUT2D eigenvalue weighted by molar-refractivity contribution is 6.33. The molecule has 3 N–H and O–H groups in total. The number of epoxide rings is 1. The van der Waals surface area contributed by atoms with Crippen molar-refractivity contribution in [3.05, 3.63) is 0 Å². The molecule has 1 aliphatic heterocycles. The lowest BCUT2D eigenvalue weighted by molar-refractivity contribution is -0.136. The van der Waals surface area contributed by atoms with E-state index in [4.69, 9.17) is 15.9 Å². The van der Waals surface area contributed by atoms with Crippen molar-refractivity contribution in [2.24, 2.45) is 5.73 Å². The number of rotatable bonds is 2. The summed E-state index contributed by atoms with van der Waals surface area (Å²) in [5.41, 5.74) is 4.81. The monoisotopic (exact) mass is 144 g/mol. The number of nitrogens with two attached hydrogens (primary N) is 1. The molecular formula is C5H8N2O3. The van der Waals surface area contributed by atoms with Crippen molar-refractivity contribution in [1.29, 1.82) is 5.41 Å². The molecule has 1 fully saturated rings. The Morgan fingerprint density at radius 2 is 2.50 bits per heavy atom. The van der Waals surface area contributed by atoms with E-state index in [9.17, 15) is 4.79 Å². The number of hydrogen-bond acceptors (Lipinski definition) is 4. The summed E-state index contributed by atoms with van der Waals surface area (Å²) in [4.78, 5) is 10.4. The maximum atomic E-state index is 10.4. The summed E-state index contributed by atoms with van der Waals surface area (Å²) in [6.07, 6.45) is 0.0308. The number of carbonyl (C=O) groups excluding carboxylic acids is 1. The third-order valence-electron chi connectivity index (χ3n) is 1.02. The fourth-order valence-corrected chi connectivity index (χ4v) is 0.411. The van der Waals surface area contributed by atoms with Crippen molar-refractivity contribution in [2.75, 3.05) is 13.2 Å². The zero-order valence-electron chi connectivity index (χ0n) is 5.29. The molecule has 0 aromatic heterocycles. The second-order valence-electron chi connectivity index (χ2n) is 1.97. The average Bonchev–Trinajstić information content (AvgIpc) is 2.64. The summed E-state index contributed by atoms with van der Waals surface area (Å²) in [5, 5.41) is 6.63. The Morgan fingerprint density at radius 1 is 1.90 bits per heavy atom. The third-order valence-corrected chi connectivity index (χ3v) is 1.02. The minimum atomic E-state index is -0.782. The molecule has 0 aromatic rings. The van der Waals surface area contributed by atoms with E-state index in [1.54, 1.807) is 0 Å². The predicted molar refractivity (Wildman–Crippen MR) is 32.6 cm³/mol. The van der Waals surface area contributed by atoms with Gasteiger partial charge in [-0.15, -0.1) is 0 Å². The Bertz CT molecular complexity index is 164. The molecule has 1 rings (SSSR count). The first-order valence-electron chi connectivity index (χ1n) is 2.83. The van der Waals surface area contributed by atoms with E-state index < -0.39 is 11.8 Å². The summed E-state index contributed by atoms with van der Waals surface area (Å²) >= 11 is 0. The van der Waals surface area contributed by atoms with Gasteiger partial charge in [0, 0.05) is 0 Å². The molecule has 1 heterocycles. The zero-order valence-corrected chi connectivity index (χ0v) is 5.29. The number of ether oxygens (including phenoxy) is 2. The van der Waals surface area contributed by atoms with E-state index in [-0.39, 0.29) is 12.7 Å². The Morgan fingerprint density at radius 3 is 2.90 bits per heavy atom. The molecule has 0 radical (unpaired) electrons. The van der Waals surface area contributed by atoms with Crippen LogP contribution in [-0.2, 0) is 14.3 Å². The van der Waals surface area contributed by atoms with Gasteiger partial charge in [-0.3, -0.25) is 5.41 Å². The largest absolute Gasteiger partial charge is 0.457 e. The van der Waals surface area contributed by atoms with E-state index >= 15 is 0 Å². The van der Waals surface area contributed by atoms with Crippen LogP contribution >= 0.6 is 0 Å². The summed E-state index contributed by atoms with van der Waals surface area (Å²) in [6.45, 7) is 0.837. The number of esters is 1. The second kappa shape index (κ2) is 2.66. The molecule has 0 spiro atoms.